The molecule has 0 bridgehead atoms. The van der Waals surface area contributed by atoms with Crippen LogP contribution in [0.2, 0.25) is 0 Å². The molecule has 0 amide bonds. The second-order valence-electron chi connectivity index (χ2n) is 3.08. The molecule has 1 atom stereocenters. The van der Waals surface area contributed by atoms with Gasteiger partial charge in [-0.2, -0.15) is 0 Å². The molecule has 0 fully saturated rings. The number of carboxylic acid groups (broad SMARTS) is 1. The Hall–Kier alpha value is -0.790. The Bertz CT molecular complexity index is 150. The summed E-state index contributed by atoms with van der Waals surface area (Å²) in [5.41, 5.74) is 0. The van der Waals surface area contributed by atoms with Crippen LogP contribution in [-0.2, 0) is 4.79 Å². The SMILES string of the molecule is CCCC=CCCC(C)C(=O)O. The van der Waals surface area contributed by atoms with Gasteiger partial charge in [0.1, 0.15) is 0 Å². The van der Waals surface area contributed by atoms with Crippen molar-refractivity contribution in [2.24, 2.45) is 5.92 Å². The van der Waals surface area contributed by atoms with Gasteiger partial charge in [0.2, 0.25) is 0 Å². The summed E-state index contributed by atoms with van der Waals surface area (Å²) < 4.78 is 0. The third-order valence-corrected chi connectivity index (χ3v) is 1.81. The van der Waals surface area contributed by atoms with Crippen LogP contribution < -0.4 is 0 Å². The minimum atomic E-state index is -0.695. The van der Waals surface area contributed by atoms with Gasteiger partial charge in [0, 0.05) is 0 Å². The minimum Gasteiger partial charge on any atom is -0.481 e. The van der Waals surface area contributed by atoms with E-state index in [0.717, 1.165) is 25.7 Å². The van der Waals surface area contributed by atoms with Crippen molar-refractivity contribution in [1.29, 1.82) is 0 Å². The molecule has 2 nitrogen and oxygen atoms in total. The highest BCUT2D eigenvalue weighted by Gasteiger charge is 2.08. The zero-order chi connectivity index (χ0) is 9.40. The number of allylic oxidation sites excluding steroid dienone is 2. The van der Waals surface area contributed by atoms with Crippen molar-refractivity contribution in [3.8, 4) is 0 Å². The van der Waals surface area contributed by atoms with Gasteiger partial charge in [0.05, 0.1) is 5.92 Å². The molecule has 0 heterocycles. The third-order valence-electron chi connectivity index (χ3n) is 1.81. The summed E-state index contributed by atoms with van der Waals surface area (Å²) in [5.74, 6) is -0.907. The Morgan fingerprint density at radius 3 is 2.50 bits per heavy atom. The van der Waals surface area contributed by atoms with Crippen molar-refractivity contribution in [3.05, 3.63) is 12.2 Å². The molecule has 1 N–H and O–H groups in total. The molecule has 0 rings (SSSR count). The quantitative estimate of drug-likeness (QED) is 0.622. The Kier molecular flexibility index (Phi) is 6.44. The molecule has 0 aromatic rings. The number of hydrogen-bond acceptors (Lipinski definition) is 1. The van der Waals surface area contributed by atoms with Crippen LogP contribution in [-0.4, -0.2) is 11.1 Å². The van der Waals surface area contributed by atoms with E-state index < -0.39 is 5.97 Å². The van der Waals surface area contributed by atoms with E-state index in [-0.39, 0.29) is 5.92 Å². The summed E-state index contributed by atoms with van der Waals surface area (Å²) in [5, 5.41) is 8.56. The second-order valence-corrected chi connectivity index (χ2v) is 3.08. The fourth-order valence-corrected chi connectivity index (χ4v) is 0.872. The van der Waals surface area contributed by atoms with E-state index in [9.17, 15) is 4.79 Å². The van der Waals surface area contributed by atoms with Gasteiger partial charge in [-0.15, -0.1) is 0 Å². The van der Waals surface area contributed by atoms with Crippen LogP contribution in [0.3, 0.4) is 0 Å². The Balaban J connectivity index is 3.36. The predicted molar refractivity (Wildman–Crippen MR) is 50.1 cm³/mol. The first-order chi connectivity index (χ1) is 5.68. The lowest BCUT2D eigenvalue weighted by molar-refractivity contribution is -0.141. The van der Waals surface area contributed by atoms with E-state index in [2.05, 4.69) is 19.1 Å². The van der Waals surface area contributed by atoms with Gasteiger partial charge in [-0.25, -0.2) is 0 Å². The van der Waals surface area contributed by atoms with Crippen LogP contribution in [0.1, 0.15) is 39.5 Å². The molecule has 12 heavy (non-hydrogen) atoms. The number of hydrogen-bond donors (Lipinski definition) is 1. The van der Waals surface area contributed by atoms with E-state index in [1.54, 1.807) is 6.92 Å². The van der Waals surface area contributed by atoms with E-state index in [0.29, 0.717) is 0 Å². The topological polar surface area (TPSA) is 37.3 Å². The highest BCUT2D eigenvalue weighted by molar-refractivity contribution is 5.69. The fourth-order valence-electron chi connectivity index (χ4n) is 0.872. The van der Waals surface area contributed by atoms with Crippen LogP contribution in [0.25, 0.3) is 0 Å². The van der Waals surface area contributed by atoms with Crippen LogP contribution in [0, 0.1) is 5.92 Å². The van der Waals surface area contributed by atoms with Crippen LogP contribution >= 0.6 is 0 Å². The monoisotopic (exact) mass is 170 g/mol. The summed E-state index contributed by atoms with van der Waals surface area (Å²) in [4.78, 5) is 10.4. The molecule has 0 radical (unpaired) electrons. The number of aliphatic carboxylic acids is 1. The molecule has 0 aliphatic carbocycles. The summed E-state index contributed by atoms with van der Waals surface area (Å²) in [6.07, 6.45) is 8.08. The fraction of sp³-hybridized carbons (Fsp3) is 0.700. The molecular formula is C10H18O2. The first kappa shape index (κ1) is 11.2. The number of carboxylic acids is 1. The maximum absolute atomic E-state index is 10.4. The number of unbranched alkanes of at least 4 members (excludes halogenated alkanes) is 1. The van der Waals surface area contributed by atoms with E-state index in [4.69, 9.17) is 5.11 Å². The van der Waals surface area contributed by atoms with E-state index >= 15 is 0 Å². The molecule has 0 aliphatic heterocycles. The van der Waals surface area contributed by atoms with Gasteiger partial charge in [0.15, 0.2) is 0 Å². The van der Waals surface area contributed by atoms with Crippen LogP contribution in [0.5, 0.6) is 0 Å². The first-order valence-corrected chi connectivity index (χ1v) is 4.56. The zero-order valence-electron chi connectivity index (χ0n) is 7.92. The molecule has 1 unspecified atom stereocenters. The van der Waals surface area contributed by atoms with Crippen LogP contribution in [0.4, 0.5) is 0 Å². The summed E-state index contributed by atoms with van der Waals surface area (Å²) in [6.45, 7) is 3.88. The van der Waals surface area contributed by atoms with Gasteiger partial charge in [-0.1, -0.05) is 32.4 Å². The molecular weight excluding hydrogens is 152 g/mol. The lowest BCUT2D eigenvalue weighted by Crippen LogP contribution is -2.08. The average Bonchev–Trinajstić information content (AvgIpc) is 2.03. The van der Waals surface area contributed by atoms with Crippen molar-refractivity contribution in [3.63, 3.8) is 0 Å². The maximum Gasteiger partial charge on any atom is 0.306 e. The van der Waals surface area contributed by atoms with Gasteiger partial charge >= 0.3 is 5.97 Å². The molecule has 2 heteroatoms. The molecule has 0 aromatic carbocycles. The van der Waals surface area contributed by atoms with Crippen molar-refractivity contribution >= 4 is 5.97 Å². The maximum atomic E-state index is 10.4. The molecule has 0 aromatic heterocycles. The van der Waals surface area contributed by atoms with Gasteiger partial charge in [0.25, 0.3) is 0 Å². The smallest absolute Gasteiger partial charge is 0.306 e. The largest absolute Gasteiger partial charge is 0.481 e. The van der Waals surface area contributed by atoms with E-state index in [1.807, 2.05) is 0 Å². The van der Waals surface area contributed by atoms with Gasteiger partial charge in [-0.05, 0) is 19.3 Å². The highest BCUT2D eigenvalue weighted by Crippen LogP contribution is 2.06. The third kappa shape index (κ3) is 5.96. The lowest BCUT2D eigenvalue weighted by atomic mass is 10.1. The normalized spacial score (nSPS) is 13.5. The van der Waals surface area contributed by atoms with Crippen LogP contribution in [0.15, 0.2) is 12.2 Å². The van der Waals surface area contributed by atoms with Gasteiger partial charge in [-0.3, -0.25) is 4.79 Å². The van der Waals surface area contributed by atoms with Crippen molar-refractivity contribution in [2.75, 3.05) is 0 Å². The van der Waals surface area contributed by atoms with E-state index in [1.165, 1.54) is 0 Å². The van der Waals surface area contributed by atoms with Crippen molar-refractivity contribution in [2.45, 2.75) is 39.5 Å². The Morgan fingerprint density at radius 2 is 2.00 bits per heavy atom. The Morgan fingerprint density at radius 1 is 1.42 bits per heavy atom. The highest BCUT2D eigenvalue weighted by atomic mass is 16.4. The average molecular weight is 170 g/mol. The van der Waals surface area contributed by atoms with Gasteiger partial charge < -0.3 is 5.11 Å². The molecule has 0 saturated carbocycles. The molecule has 0 spiro atoms. The van der Waals surface area contributed by atoms with Crippen molar-refractivity contribution < 1.29 is 9.90 Å². The standard InChI is InChI=1S/C10H18O2/c1-3-4-5-6-7-8-9(2)10(11)12/h5-6,9H,3-4,7-8H2,1-2H3,(H,11,12). The molecule has 0 aliphatic rings. The lowest BCUT2D eigenvalue weighted by Gasteiger charge is -2.01. The summed E-state index contributed by atoms with van der Waals surface area (Å²) >= 11 is 0. The zero-order valence-corrected chi connectivity index (χ0v) is 7.92. The predicted octanol–water partition coefficient (Wildman–Crippen LogP) is 2.84. The summed E-state index contributed by atoms with van der Waals surface area (Å²) in [6, 6.07) is 0. The first-order valence-electron chi connectivity index (χ1n) is 4.56. The molecule has 0 saturated heterocycles. The number of rotatable bonds is 6. The summed E-state index contributed by atoms with van der Waals surface area (Å²) in [7, 11) is 0. The molecule has 70 valence electrons. The Labute approximate surface area is 74.3 Å². The minimum absolute atomic E-state index is 0.212. The second kappa shape index (κ2) is 6.89. The number of carbonyl (C=O) groups is 1. The van der Waals surface area contributed by atoms with Crippen molar-refractivity contribution in [1.82, 2.24) is 0 Å².